The minimum Gasteiger partial charge on any atom is -0.295 e. The Morgan fingerprint density at radius 1 is 0.694 bits per heavy atom. The lowest BCUT2D eigenvalue weighted by Crippen LogP contribution is -2.33. The van der Waals surface area contributed by atoms with E-state index in [4.69, 9.17) is 0 Å². The standard InChI is InChI=1S/C32H27NO3/c1-18-7-11-21(12-8-18)27(22-13-9-19(2)10-14-22)28-25-15-16-26(28)30-29(25)31(35)33(32(30)36)24-6-4-5-23(17-24)20(3)34/h4-17,25-26,29-30H,1-3H3/t25-,26+,29-,30-/m0/s1. The number of imide groups is 1. The van der Waals surface area contributed by atoms with E-state index in [-0.39, 0.29) is 29.4 Å². The fourth-order valence-electron chi connectivity index (χ4n) is 6.16. The molecule has 2 fully saturated rings. The van der Waals surface area contributed by atoms with Gasteiger partial charge >= 0.3 is 0 Å². The lowest BCUT2D eigenvalue weighted by molar-refractivity contribution is -0.122. The summed E-state index contributed by atoms with van der Waals surface area (Å²) in [4.78, 5) is 40.7. The fourth-order valence-corrected chi connectivity index (χ4v) is 6.16. The first-order valence-electron chi connectivity index (χ1n) is 12.4. The Kier molecular flexibility index (Phi) is 5.15. The molecule has 0 radical (unpaired) electrons. The Morgan fingerprint density at radius 2 is 1.19 bits per heavy atom. The van der Waals surface area contributed by atoms with Gasteiger partial charge in [0, 0.05) is 17.4 Å². The summed E-state index contributed by atoms with van der Waals surface area (Å²) in [5.74, 6) is -1.54. The molecule has 1 heterocycles. The maximum absolute atomic E-state index is 13.8. The van der Waals surface area contributed by atoms with Crippen molar-refractivity contribution >= 4 is 28.9 Å². The Hall–Kier alpha value is -4.05. The third-order valence-electron chi connectivity index (χ3n) is 7.90. The topological polar surface area (TPSA) is 54.5 Å². The molecule has 1 aliphatic heterocycles. The van der Waals surface area contributed by atoms with Gasteiger partial charge in [-0.15, -0.1) is 0 Å². The SMILES string of the molecule is CC(=O)c1cccc(N2C(=O)[C@@H]3[C@@H](C2=O)[C@H]2C=C[C@@H]3C2=C(c2ccc(C)cc2)c2ccc(C)cc2)c1. The summed E-state index contributed by atoms with van der Waals surface area (Å²) in [6, 6.07) is 23.8. The molecule has 1 saturated carbocycles. The minimum absolute atomic E-state index is 0.0936. The number of amides is 2. The highest BCUT2D eigenvalue weighted by atomic mass is 16.2. The average Bonchev–Trinajstić information content (AvgIpc) is 3.50. The third kappa shape index (κ3) is 3.32. The summed E-state index contributed by atoms with van der Waals surface area (Å²) in [6.07, 6.45) is 4.23. The number of Topliss-reactive ketones (excluding diaryl/α,β-unsaturated/α-hetero) is 1. The van der Waals surface area contributed by atoms with E-state index in [2.05, 4.69) is 74.5 Å². The third-order valence-corrected chi connectivity index (χ3v) is 7.90. The second-order valence-corrected chi connectivity index (χ2v) is 10.2. The summed E-state index contributed by atoms with van der Waals surface area (Å²) < 4.78 is 0. The zero-order chi connectivity index (χ0) is 25.1. The number of ketones is 1. The second kappa shape index (κ2) is 8.27. The largest absolute Gasteiger partial charge is 0.295 e. The number of aryl methyl sites for hydroxylation is 2. The van der Waals surface area contributed by atoms with Crippen molar-refractivity contribution in [3.63, 3.8) is 0 Å². The first-order chi connectivity index (χ1) is 17.3. The number of fused-ring (bicyclic) bond motifs is 5. The maximum Gasteiger partial charge on any atom is 0.238 e. The highest BCUT2D eigenvalue weighted by Gasteiger charge is 2.62. The lowest BCUT2D eigenvalue weighted by atomic mass is 9.85. The number of hydrogen-bond acceptors (Lipinski definition) is 3. The van der Waals surface area contributed by atoms with Crippen molar-refractivity contribution in [3.8, 4) is 0 Å². The molecule has 3 aliphatic rings. The van der Waals surface area contributed by atoms with Gasteiger partial charge in [-0.05, 0) is 55.2 Å². The highest BCUT2D eigenvalue weighted by molar-refractivity contribution is 6.23. The van der Waals surface area contributed by atoms with Crippen LogP contribution in [0.3, 0.4) is 0 Å². The maximum atomic E-state index is 13.8. The number of allylic oxidation sites excluding steroid dienone is 3. The molecule has 4 nitrogen and oxygen atoms in total. The van der Waals surface area contributed by atoms with Gasteiger partial charge in [-0.2, -0.15) is 0 Å². The molecule has 3 aromatic carbocycles. The summed E-state index contributed by atoms with van der Waals surface area (Å²) in [7, 11) is 0. The predicted molar refractivity (Wildman–Crippen MR) is 140 cm³/mol. The van der Waals surface area contributed by atoms with Crippen LogP contribution in [0.4, 0.5) is 5.69 Å². The highest BCUT2D eigenvalue weighted by Crippen LogP contribution is 2.58. The molecule has 0 unspecified atom stereocenters. The summed E-state index contributed by atoms with van der Waals surface area (Å²) in [5.41, 5.74) is 7.83. The van der Waals surface area contributed by atoms with Crippen molar-refractivity contribution in [2.45, 2.75) is 20.8 Å². The van der Waals surface area contributed by atoms with Crippen molar-refractivity contribution in [2.24, 2.45) is 23.7 Å². The molecule has 36 heavy (non-hydrogen) atoms. The Balaban J connectivity index is 1.47. The minimum atomic E-state index is -0.422. The van der Waals surface area contributed by atoms with E-state index in [1.807, 2.05) is 0 Å². The average molecular weight is 474 g/mol. The quantitative estimate of drug-likeness (QED) is 0.268. The zero-order valence-electron chi connectivity index (χ0n) is 20.6. The molecule has 1 saturated heterocycles. The lowest BCUT2D eigenvalue weighted by Gasteiger charge is -2.22. The van der Waals surface area contributed by atoms with E-state index in [1.54, 1.807) is 24.3 Å². The second-order valence-electron chi connectivity index (χ2n) is 10.2. The molecular weight excluding hydrogens is 446 g/mol. The van der Waals surface area contributed by atoms with Gasteiger partial charge in [0.05, 0.1) is 17.5 Å². The Labute approximate surface area is 211 Å². The molecule has 178 valence electrons. The summed E-state index contributed by atoms with van der Waals surface area (Å²) in [6.45, 7) is 5.63. The van der Waals surface area contributed by atoms with Gasteiger partial charge < -0.3 is 0 Å². The van der Waals surface area contributed by atoms with E-state index < -0.39 is 11.8 Å². The predicted octanol–water partition coefficient (Wildman–Crippen LogP) is 5.93. The number of benzene rings is 3. The van der Waals surface area contributed by atoms with Crippen LogP contribution in [0.5, 0.6) is 0 Å². The van der Waals surface area contributed by atoms with Crippen molar-refractivity contribution in [2.75, 3.05) is 4.90 Å². The van der Waals surface area contributed by atoms with E-state index in [1.165, 1.54) is 23.0 Å². The fraction of sp³-hybridized carbons (Fsp3) is 0.219. The number of rotatable bonds is 4. The van der Waals surface area contributed by atoms with Crippen molar-refractivity contribution in [1.29, 1.82) is 0 Å². The van der Waals surface area contributed by atoms with Crippen molar-refractivity contribution < 1.29 is 14.4 Å². The van der Waals surface area contributed by atoms with Crippen LogP contribution in [-0.2, 0) is 9.59 Å². The molecule has 4 atom stereocenters. The van der Waals surface area contributed by atoms with Gasteiger partial charge in [-0.3, -0.25) is 14.4 Å². The molecule has 0 aromatic heterocycles. The van der Waals surface area contributed by atoms with Crippen LogP contribution in [0, 0.1) is 37.5 Å². The Bertz CT molecular complexity index is 1400. The molecule has 2 bridgehead atoms. The molecular formula is C32H27NO3. The molecule has 0 N–H and O–H groups in total. The van der Waals surface area contributed by atoms with Gasteiger partial charge in [0.25, 0.3) is 0 Å². The van der Waals surface area contributed by atoms with Gasteiger partial charge in [0.15, 0.2) is 5.78 Å². The molecule has 6 rings (SSSR count). The van der Waals surface area contributed by atoms with E-state index in [0.29, 0.717) is 11.3 Å². The van der Waals surface area contributed by atoms with E-state index in [9.17, 15) is 14.4 Å². The van der Waals surface area contributed by atoms with Gasteiger partial charge in [0.1, 0.15) is 0 Å². The van der Waals surface area contributed by atoms with Gasteiger partial charge in [-0.25, -0.2) is 4.90 Å². The van der Waals surface area contributed by atoms with E-state index in [0.717, 1.165) is 22.3 Å². The number of carbonyl (C=O) groups excluding carboxylic acids is 3. The number of anilines is 1. The van der Waals surface area contributed by atoms with Crippen LogP contribution in [0.25, 0.3) is 5.57 Å². The molecule has 4 heteroatoms. The molecule has 2 amide bonds. The van der Waals surface area contributed by atoms with Crippen LogP contribution >= 0.6 is 0 Å². The molecule has 0 spiro atoms. The number of carbonyl (C=O) groups is 3. The van der Waals surface area contributed by atoms with Crippen LogP contribution < -0.4 is 4.90 Å². The van der Waals surface area contributed by atoms with Crippen molar-refractivity contribution in [3.05, 3.63) is 118 Å². The molecule has 2 aliphatic carbocycles. The van der Waals surface area contributed by atoms with E-state index >= 15 is 0 Å². The first kappa shape index (κ1) is 22.4. The van der Waals surface area contributed by atoms with Crippen LogP contribution in [0.2, 0.25) is 0 Å². The first-order valence-corrected chi connectivity index (χ1v) is 12.4. The smallest absolute Gasteiger partial charge is 0.238 e. The van der Waals surface area contributed by atoms with Gasteiger partial charge in [-0.1, -0.05) is 83.9 Å². The monoisotopic (exact) mass is 473 g/mol. The number of nitrogens with zero attached hydrogens (tertiary/aromatic N) is 1. The normalized spacial score (nSPS) is 24.0. The van der Waals surface area contributed by atoms with Crippen LogP contribution in [0.1, 0.15) is 39.5 Å². The van der Waals surface area contributed by atoms with Crippen LogP contribution in [-0.4, -0.2) is 17.6 Å². The zero-order valence-corrected chi connectivity index (χ0v) is 20.6. The summed E-state index contributed by atoms with van der Waals surface area (Å²) >= 11 is 0. The molecule has 3 aromatic rings. The van der Waals surface area contributed by atoms with Crippen LogP contribution in [0.15, 0.2) is 90.5 Å². The number of hydrogen-bond donors (Lipinski definition) is 0. The summed E-state index contributed by atoms with van der Waals surface area (Å²) in [5, 5.41) is 0. The van der Waals surface area contributed by atoms with Crippen molar-refractivity contribution in [1.82, 2.24) is 0 Å². The van der Waals surface area contributed by atoms with Gasteiger partial charge in [0.2, 0.25) is 11.8 Å². The Morgan fingerprint density at radius 3 is 1.67 bits per heavy atom.